The van der Waals surface area contributed by atoms with Crippen LogP contribution in [0, 0.1) is 0 Å². The van der Waals surface area contributed by atoms with E-state index in [2.05, 4.69) is 4.98 Å². The molecule has 9 aromatic rings. The molecule has 1 N–H and O–H groups in total. The van der Waals surface area contributed by atoms with Crippen LogP contribution in [0.5, 0.6) is 5.75 Å². The number of aromatic hydroxyl groups is 1. The van der Waals surface area contributed by atoms with Crippen LogP contribution in [-0.2, 0) is 5.41 Å². The first-order valence-corrected chi connectivity index (χ1v) is 15.3. The van der Waals surface area contributed by atoms with E-state index in [9.17, 15) is 18.8 Å². The highest BCUT2D eigenvalue weighted by Crippen LogP contribution is 2.42. The fraction of sp³-hybridized carbons (Fsp3) is 0.0870. The summed E-state index contributed by atoms with van der Waals surface area (Å²) in [5.74, 6) is -2.03. The molecule has 0 aliphatic carbocycles. The molecule has 3 heterocycles. The molecular weight excluding hydrogens is 625 g/mol. The van der Waals surface area contributed by atoms with Gasteiger partial charge in [0, 0.05) is 27.5 Å². The first-order valence-electron chi connectivity index (χ1n) is 27.8. The molecule has 5 heteroatoms. The SMILES string of the molecule is [2H]c1cc(-c2nc(-c3c([2H])c([2H])c([2H])c4c3nc(-n3c5c([2H])c([2H])c([2H])c([2H])c5c5c([2H])c([2H])c([2H])c(O)c53)n4-c3c([2H])c([2H])c(C(C)(C)C)c([2H])c3-c3c([2H])c([2H])c([2H])c([2H])c3[2H])c([2H])c([2H])c2[2H])c([2H])c([2H])c1[2H]. The van der Waals surface area contributed by atoms with Crippen LogP contribution in [0.2, 0.25) is 0 Å². The second kappa shape index (κ2) is 11.9. The molecule has 6 aromatic carbocycles. The third-order valence-electron chi connectivity index (χ3n) is 8.00. The molecule has 0 aliphatic heterocycles. The minimum absolute atomic E-state index is 0.215. The fourth-order valence-corrected chi connectivity index (χ4v) is 5.67. The summed E-state index contributed by atoms with van der Waals surface area (Å²) in [4.78, 5) is 9.20. The second-order valence-corrected chi connectivity index (χ2v) is 12.2. The number of imidazole rings is 1. The van der Waals surface area contributed by atoms with Crippen LogP contribution >= 0.6 is 0 Å². The van der Waals surface area contributed by atoms with E-state index in [1.807, 2.05) is 0 Å². The molecule has 0 saturated heterocycles. The van der Waals surface area contributed by atoms with Crippen LogP contribution in [-0.4, -0.2) is 24.2 Å². The number of benzene rings is 6. The average molecular weight is 686 g/mol. The van der Waals surface area contributed by atoms with E-state index in [0.29, 0.717) is 0 Å². The van der Waals surface area contributed by atoms with Crippen molar-refractivity contribution in [2.45, 2.75) is 26.2 Å². The van der Waals surface area contributed by atoms with Gasteiger partial charge < -0.3 is 5.11 Å². The maximum absolute atomic E-state index is 12.0. The lowest BCUT2D eigenvalue weighted by atomic mass is 9.85. The topological polar surface area (TPSA) is 55.9 Å². The molecule has 5 nitrogen and oxygen atoms in total. The van der Waals surface area contributed by atoms with E-state index in [4.69, 9.17) is 25.5 Å². The first kappa shape index (κ1) is 14.0. The largest absolute Gasteiger partial charge is 0.506 e. The Morgan fingerprint density at radius 3 is 2.10 bits per heavy atom. The van der Waals surface area contributed by atoms with Crippen molar-refractivity contribution < 1.29 is 39.4 Å². The Morgan fingerprint density at radius 2 is 1.25 bits per heavy atom. The normalized spacial score (nSPS) is 18.8. The van der Waals surface area contributed by atoms with Crippen LogP contribution in [0.1, 0.15) is 60.6 Å². The summed E-state index contributed by atoms with van der Waals surface area (Å²) in [7, 11) is 0. The van der Waals surface area contributed by atoms with Gasteiger partial charge in [-0.1, -0.05) is 136 Å². The lowest BCUT2D eigenvalue weighted by Gasteiger charge is -2.23. The lowest BCUT2D eigenvalue weighted by molar-refractivity contribution is 0.479. The Balaban J connectivity index is 1.66. The van der Waals surface area contributed by atoms with E-state index in [1.165, 1.54) is 0 Å². The van der Waals surface area contributed by atoms with Gasteiger partial charge in [0.15, 0.2) is 0 Å². The zero-order valence-electron chi connectivity index (χ0n) is 51.8. The standard InChI is InChI=1S/C46H36N4O/c1-46(2,3)32-27-28-40(36(29-32)30-15-6-4-7-16-30)49-41-25-12-21-35(38-23-14-22-37(47-38)31-17-8-5-9-18-31)43(41)48-45(49)50-39-24-11-10-19-33(39)34-20-13-26-42(51)44(34)50/h4-29,51H,1-3H3/i4D,5D,6D,7D,8D,9D,10D,11D,12D,13D,14D,15D,16D,17D,19D,20D,21D,22D,23D,24D,25D,26D,27D,28D,29D. The van der Waals surface area contributed by atoms with Gasteiger partial charge in [-0.3, -0.25) is 9.13 Å². The van der Waals surface area contributed by atoms with Crippen LogP contribution in [0.3, 0.4) is 0 Å². The second-order valence-electron chi connectivity index (χ2n) is 12.2. The van der Waals surface area contributed by atoms with Gasteiger partial charge in [-0.25, -0.2) is 9.97 Å². The Kier molecular flexibility index (Phi) is 3.26. The van der Waals surface area contributed by atoms with Gasteiger partial charge in [-0.05, 0) is 58.8 Å². The number of pyridine rings is 1. The van der Waals surface area contributed by atoms with Crippen molar-refractivity contribution in [3.8, 4) is 51.0 Å². The molecule has 0 bridgehead atoms. The Labute approximate surface area is 331 Å². The minimum atomic E-state index is -1.23. The summed E-state index contributed by atoms with van der Waals surface area (Å²) >= 11 is 0. The zero-order chi connectivity index (χ0) is 56.4. The summed E-state index contributed by atoms with van der Waals surface area (Å²) < 4.78 is 226. The van der Waals surface area contributed by atoms with E-state index >= 15 is 0 Å². The summed E-state index contributed by atoms with van der Waals surface area (Å²) in [6.07, 6.45) is 0. The quantitative estimate of drug-likeness (QED) is 0.196. The van der Waals surface area contributed by atoms with Crippen LogP contribution in [0.4, 0.5) is 0 Å². The monoisotopic (exact) mass is 685 g/mol. The van der Waals surface area contributed by atoms with Crippen molar-refractivity contribution in [2.75, 3.05) is 0 Å². The van der Waals surface area contributed by atoms with Gasteiger partial charge >= 0.3 is 0 Å². The zero-order valence-corrected chi connectivity index (χ0v) is 26.8. The predicted molar refractivity (Wildman–Crippen MR) is 210 cm³/mol. The smallest absolute Gasteiger partial charge is 0.220 e. The molecular formula is C46H36N4O. The molecule has 0 radical (unpaired) electrons. The molecule has 0 saturated carbocycles. The maximum atomic E-state index is 12.0. The molecule has 0 fully saturated rings. The molecule has 246 valence electrons. The van der Waals surface area contributed by atoms with Gasteiger partial charge in [-0.2, -0.15) is 0 Å². The van der Waals surface area contributed by atoms with Gasteiger partial charge in [0.1, 0.15) is 11.3 Å². The van der Waals surface area contributed by atoms with E-state index in [-0.39, 0.29) is 5.56 Å². The van der Waals surface area contributed by atoms with Crippen LogP contribution in [0.25, 0.3) is 78.1 Å². The molecule has 0 spiro atoms. The van der Waals surface area contributed by atoms with Crippen molar-refractivity contribution in [3.63, 3.8) is 0 Å². The molecule has 9 rings (SSSR count). The number of hydrogen-bond donors (Lipinski definition) is 1. The van der Waals surface area contributed by atoms with E-state index in [0.717, 1.165) is 15.2 Å². The van der Waals surface area contributed by atoms with Crippen LogP contribution in [0.15, 0.2) is 157 Å². The number of fused-ring (bicyclic) bond motifs is 4. The number of rotatable bonds is 5. The van der Waals surface area contributed by atoms with Gasteiger partial charge in [0.2, 0.25) is 5.95 Å². The van der Waals surface area contributed by atoms with Crippen molar-refractivity contribution >= 4 is 32.8 Å². The van der Waals surface area contributed by atoms with Crippen molar-refractivity contribution in [2.24, 2.45) is 0 Å². The van der Waals surface area contributed by atoms with Crippen LogP contribution < -0.4 is 0 Å². The predicted octanol–water partition coefficient (Wildman–Crippen LogP) is 11.5. The maximum Gasteiger partial charge on any atom is 0.220 e. The summed E-state index contributed by atoms with van der Waals surface area (Å²) in [5.41, 5.74) is -9.22. The van der Waals surface area contributed by atoms with E-state index in [1.54, 1.807) is 20.8 Å². The number of aromatic nitrogens is 4. The van der Waals surface area contributed by atoms with E-state index < -0.39 is 240 Å². The average Bonchev–Trinajstić information content (AvgIpc) is 3.93. The number of phenols is 1. The summed E-state index contributed by atoms with van der Waals surface area (Å²) in [6, 6.07) is -20.9. The number of para-hydroxylation sites is 3. The fourth-order valence-electron chi connectivity index (χ4n) is 5.67. The van der Waals surface area contributed by atoms with Crippen molar-refractivity contribution in [3.05, 3.63) is 163 Å². The number of phenolic OH excluding ortho intramolecular Hbond substituents is 1. The Hall–Kier alpha value is -6.46. The van der Waals surface area contributed by atoms with Crippen molar-refractivity contribution in [1.82, 2.24) is 19.1 Å². The third kappa shape index (κ3) is 5.09. The highest BCUT2D eigenvalue weighted by Gasteiger charge is 2.25. The first-order chi connectivity index (χ1) is 35.2. The van der Waals surface area contributed by atoms with Gasteiger partial charge in [0.05, 0.1) is 67.9 Å². The van der Waals surface area contributed by atoms with Crippen molar-refractivity contribution in [1.29, 1.82) is 0 Å². The minimum Gasteiger partial charge on any atom is -0.506 e. The molecule has 0 unspecified atom stereocenters. The highest BCUT2D eigenvalue weighted by atomic mass is 16.3. The summed E-state index contributed by atoms with van der Waals surface area (Å²) in [5, 5.41) is 10.9. The van der Waals surface area contributed by atoms with Gasteiger partial charge in [-0.15, -0.1) is 0 Å². The van der Waals surface area contributed by atoms with Gasteiger partial charge in [0.25, 0.3) is 0 Å². The highest BCUT2D eigenvalue weighted by molar-refractivity contribution is 6.11. The third-order valence-corrected chi connectivity index (χ3v) is 8.00. The lowest BCUT2D eigenvalue weighted by Crippen LogP contribution is -2.12. The molecule has 51 heavy (non-hydrogen) atoms. The Morgan fingerprint density at radius 1 is 0.569 bits per heavy atom. The number of hydrogen-bond acceptors (Lipinski definition) is 3. The number of nitrogens with zero attached hydrogens (tertiary/aromatic N) is 4. The summed E-state index contributed by atoms with van der Waals surface area (Å²) in [6.45, 7) is 4.69. The molecule has 0 atom stereocenters. The Bertz CT molecular complexity index is 4070. The molecule has 0 aliphatic rings. The molecule has 3 aromatic heterocycles. The molecule has 0 amide bonds.